The molecule has 0 unspecified atom stereocenters. The van der Waals surface area contributed by atoms with E-state index in [0.717, 1.165) is 29.7 Å². The Morgan fingerprint density at radius 3 is 2.58 bits per heavy atom. The van der Waals surface area contributed by atoms with E-state index in [2.05, 4.69) is 21.1 Å². The fraction of sp³-hybridized carbons (Fsp3) is 0.176. The van der Waals surface area contributed by atoms with E-state index in [1.54, 1.807) is 11.6 Å². The Bertz CT molecular complexity index is 961. The molecule has 0 N–H and O–H groups in total. The van der Waals surface area contributed by atoms with Crippen LogP contribution in [0.25, 0.3) is 5.69 Å². The molecule has 5 nitrogen and oxygen atoms in total. The molecule has 0 radical (unpaired) electrons. The summed E-state index contributed by atoms with van der Waals surface area (Å²) >= 11 is 1.02. The van der Waals surface area contributed by atoms with Crippen LogP contribution in [0.2, 0.25) is 0 Å². The van der Waals surface area contributed by atoms with E-state index < -0.39 is 11.9 Å². The first-order valence-electron chi connectivity index (χ1n) is 7.47. The van der Waals surface area contributed by atoms with Crippen molar-refractivity contribution in [2.75, 3.05) is 0 Å². The Kier molecular flexibility index (Phi) is 4.95. The number of nitriles is 1. The average Bonchev–Trinajstić information content (AvgIpc) is 2.95. The first kappa shape index (κ1) is 17.9. The van der Waals surface area contributed by atoms with Gasteiger partial charge in [0.1, 0.15) is 11.8 Å². The van der Waals surface area contributed by atoms with Gasteiger partial charge in [0.05, 0.1) is 22.6 Å². The van der Waals surface area contributed by atoms with Crippen LogP contribution in [0.5, 0.6) is 0 Å². The molecular weight excluding hydrogens is 363 g/mol. The highest BCUT2D eigenvalue weighted by Gasteiger charge is 2.32. The zero-order valence-electron chi connectivity index (χ0n) is 13.5. The summed E-state index contributed by atoms with van der Waals surface area (Å²) in [6, 6.07) is 12.1. The fourth-order valence-electron chi connectivity index (χ4n) is 2.34. The maximum atomic E-state index is 12.8. The topological polar surface area (TPSA) is 67.4 Å². The minimum Gasteiger partial charge on any atom is -0.235 e. The minimum atomic E-state index is -4.53. The Balaban J connectivity index is 1.92. The molecule has 3 rings (SSSR count). The van der Waals surface area contributed by atoms with Crippen LogP contribution < -0.4 is 0 Å². The number of thioether (sulfide) groups is 1. The van der Waals surface area contributed by atoms with Gasteiger partial charge in [-0.15, -0.1) is 0 Å². The van der Waals surface area contributed by atoms with Crippen molar-refractivity contribution in [2.24, 2.45) is 0 Å². The van der Waals surface area contributed by atoms with E-state index in [-0.39, 0.29) is 10.9 Å². The molecule has 0 fully saturated rings. The molecule has 0 saturated carbocycles. The molecular formula is C17H12F3N5S. The van der Waals surface area contributed by atoms with Crippen molar-refractivity contribution < 1.29 is 13.2 Å². The molecule has 132 valence electrons. The van der Waals surface area contributed by atoms with E-state index in [9.17, 15) is 18.4 Å². The summed E-state index contributed by atoms with van der Waals surface area (Å²) in [5.74, 6) is 0.208. The van der Waals surface area contributed by atoms with Crippen molar-refractivity contribution in [3.63, 3.8) is 0 Å². The molecule has 0 saturated heterocycles. The van der Waals surface area contributed by atoms with Gasteiger partial charge in [0.15, 0.2) is 5.16 Å². The van der Waals surface area contributed by atoms with Gasteiger partial charge in [-0.05, 0) is 25.1 Å². The highest BCUT2D eigenvalue weighted by atomic mass is 32.2. The maximum absolute atomic E-state index is 12.8. The number of benzene rings is 1. The van der Waals surface area contributed by atoms with Crippen LogP contribution in [-0.2, 0) is 11.9 Å². The molecule has 0 aliphatic rings. The summed E-state index contributed by atoms with van der Waals surface area (Å²) in [6.07, 6.45) is -3.46. The van der Waals surface area contributed by atoms with Crippen LogP contribution in [0.3, 0.4) is 0 Å². The lowest BCUT2D eigenvalue weighted by atomic mass is 10.2. The molecule has 3 aromatic rings. The lowest BCUT2D eigenvalue weighted by Gasteiger charge is -2.09. The van der Waals surface area contributed by atoms with Gasteiger partial charge in [0, 0.05) is 11.9 Å². The Labute approximate surface area is 151 Å². The molecule has 0 aliphatic heterocycles. The monoisotopic (exact) mass is 375 g/mol. The van der Waals surface area contributed by atoms with Gasteiger partial charge in [0.25, 0.3) is 0 Å². The zero-order valence-corrected chi connectivity index (χ0v) is 14.3. The molecule has 0 amide bonds. The second-order valence-corrected chi connectivity index (χ2v) is 6.22. The molecule has 0 aliphatic carbocycles. The number of aryl methyl sites for hydroxylation is 1. The average molecular weight is 375 g/mol. The Morgan fingerprint density at radius 2 is 1.92 bits per heavy atom. The third kappa shape index (κ3) is 3.70. The van der Waals surface area contributed by atoms with E-state index in [1.165, 1.54) is 0 Å². The van der Waals surface area contributed by atoms with Gasteiger partial charge < -0.3 is 0 Å². The second-order valence-electron chi connectivity index (χ2n) is 5.28. The summed E-state index contributed by atoms with van der Waals surface area (Å²) in [7, 11) is 0. The molecule has 2 heterocycles. The van der Waals surface area contributed by atoms with Crippen LogP contribution in [0.4, 0.5) is 13.2 Å². The maximum Gasteiger partial charge on any atom is 0.433 e. The van der Waals surface area contributed by atoms with Crippen molar-refractivity contribution in [1.82, 2.24) is 19.7 Å². The van der Waals surface area contributed by atoms with Gasteiger partial charge in [-0.25, -0.2) is 14.6 Å². The summed E-state index contributed by atoms with van der Waals surface area (Å²) in [6.45, 7) is 1.72. The van der Waals surface area contributed by atoms with Crippen LogP contribution in [0.1, 0.15) is 22.6 Å². The van der Waals surface area contributed by atoms with Crippen molar-refractivity contribution in [2.45, 2.75) is 24.0 Å². The predicted octanol–water partition coefficient (Wildman–Crippen LogP) is 4.15. The molecule has 0 bridgehead atoms. The SMILES string of the molecule is Cc1nn(-c2ccccc2)c(CSc2nccc(C(F)(F)F)n2)c1C#N. The predicted molar refractivity (Wildman–Crippen MR) is 89.6 cm³/mol. The van der Waals surface area contributed by atoms with Crippen LogP contribution >= 0.6 is 11.8 Å². The minimum absolute atomic E-state index is 0.0119. The van der Waals surface area contributed by atoms with Crippen LogP contribution in [0, 0.1) is 18.3 Å². The lowest BCUT2D eigenvalue weighted by Crippen LogP contribution is -2.09. The molecule has 1 aromatic carbocycles. The number of nitrogens with zero attached hydrogens (tertiary/aromatic N) is 5. The summed E-state index contributed by atoms with van der Waals surface area (Å²) in [4.78, 5) is 7.41. The quantitative estimate of drug-likeness (QED) is 0.506. The number of halogens is 3. The molecule has 0 atom stereocenters. The highest BCUT2D eigenvalue weighted by Crippen LogP contribution is 2.30. The van der Waals surface area contributed by atoms with Gasteiger partial charge in [-0.2, -0.15) is 23.5 Å². The fourth-order valence-corrected chi connectivity index (χ4v) is 3.17. The van der Waals surface area contributed by atoms with E-state index >= 15 is 0 Å². The standard InChI is InChI=1S/C17H12F3N5S/c1-11-13(9-21)14(25(24-11)12-5-3-2-4-6-12)10-26-16-22-8-7-15(23-16)17(18,19)20/h2-8H,10H2,1H3. The second kappa shape index (κ2) is 7.17. The van der Waals surface area contributed by atoms with Crippen molar-refractivity contribution >= 4 is 11.8 Å². The number of aromatic nitrogens is 4. The van der Waals surface area contributed by atoms with Crippen LogP contribution in [-0.4, -0.2) is 19.7 Å². The van der Waals surface area contributed by atoms with Crippen LogP contribution in [0.15, 0.2) is 47.8 Å². The molecule has 26 heavy (non-hydrogen) atoms. The van der Waals surface area contributed by atoms with Crippen molar-refractivity contribution in [1.29, 1.82) is 5.26 Å². The molecule has 2 aromatic heterocycles. The largest absolute Gasteiger partial charge is 0.433 e. The van der Waals surface area contributed by atoms with Crippen molar-refractivity contribution in [3.8, 4) is 11.8 Å². The van der Waals surface area contributed by atoms with Gasteiger partial charge >= 0.3 is 6.18 Å². The van der Waals surface area contributed by atoms with Gasteiger partial charge in [0.2, 0.25) is 0 Å². The number of rotatable bonds is 4. The third-order valence-corrected chi connectivity index (χ3v) is 4.40. The first-order chi connectivity index (χ1) is 12.4. The van der Waals surface area contributed by atoms with E-state index in [0.29, 0.717) is 17.0 Å². The smallest absolute Gasteiger partial charge is 0.235 e. The zero-order chi connectivity index (χ0) is 18.7. The Hall–Kier alpha value is -2.86. The number of alkyl halides is 3. The van der Waals surface area contributed by atoms with E-state index in [4.69, 9.17) is 0 Å². The molecule has 9 heteroatoms. The summed E-state index contributed by atoms with van der Waals surface area (Å²) < 4.78 is 40.0. The number of hydrogen-bond acceptors (Lipinski definition) is 5. The normalized spacial score (nSPS) is 11.3. The van der Waals surface area contributed by atoms with E-state index in [1.807, 2.05) is 30.3 Å². The number of para-hydroxylation sites is 1. The van der Waals surface area contributed by atoms with Gasteiger partial charge in [-0.3, -0.25) is 0 Å². The third-order valence-electron chi connectivity index (χ3n) is 3.53. The molecule has 0 spiro atoms. The van der Waals surface area contributed by atoms with Crippen molar-refractivity contribution in [3.05, 3.63) is 65.2 Å². The summed E-state index contributed by atoms with van der Waals surface area (Å²) in [5, 5.41) is 13.8. The Morgan fingerprint density at radius 1 is 1.19 bits per heavy atom. The highest BCUT2D eigenvalue weighted by molar-refractivity contribution is 7.98. The summed E-state index contributed by atoms with van der Waals surface area (Å²) in [5.41, 5.74) is 1.30. The van der Waals surface area contributed by atoms with Gasteiger partial charge in [-0.1, -0.05) is 30.0 Å². The lowest BCUT2D eigenvalue weighted by molar-refractivity contribution is -0.141. The first-order valence-corrected chi connectivity index (χ1v) is 8.46. The number of hydrogen-bond donors (Lipinski definition) is 0.